The molecule has 1 heterocycles. The van der Waals surface area contributed by atoms with E-state index in [2.05, 4.69) is 0 Å². The molecule has 2 fully saturated rings. The number of methoxy groups -OCH3 is 1. The van der Waals surface area contributed by atoms with Crippen LogP contribution in [0.25, 0.3) is 11.1 Å². The topological polar surface area (TPSA) is 59.0 Å². The molecule has 0 radical (unpaired) electrons. The second-order valence-corrected chi connectivity index (χ2v) is 7.54. The molecule has 4 rings (SSSR count). The van der Waals surface area contributed by atoms with Gasteiger partial charge in [0.1, 0.15) is 0 Å². The summed E-state index contributed by atoms with van der Waals surface area (Å²) in [6.45, 7) is 0.654. The average Bonchev–Trinajstić information content (AvgIpc) is 3.39. The van der Waals surface area contributed by atoms with E-state index < -0.39 is 0 Å². The summed E-state index contributed by atoms with van der Waals surface area (Å²) in [6.07, 6.45) is 6.29. The average molecular weight is 381 g/mol. The van der Waals surface area contributed by atoms with Gasteiger partial charge in [-0.1, -0.05) is 12.1 Å². The van der Waals surface area contributed by atoms with Crippen LogP contribution >= 0.6 is 0 Å². The second kappa shape index (κ2) is 8.23. The molecule has 1 N–H and O–H groups in total. The van der Waals surface area contributed by atoms with Gasteiger partial charge in [-0.25, -0.2) is 0 Å². The van der Waals surface area contributed by atoms with Gasteiger partial charge in [-0.2, -0.15) is 0 Å². The normalized spacial score (nSPS) is 17.4. The monoisotopic (exact) mass is 381 g/mol. The molecule has 0 spiro atoms. The van der Waals surface area contributed by atoms with Crippen LogP contribution < -0.4 is 14.4 Å². The number of amides is 1. The predicted molar refractivity (Wildman–Crippen MR) is 109 cm³/mol. The van der Waals surface area contributed by atoms with E-state index in [-0.39, 0.29) is 18.6 Å². The molecule has 1 aliphatic carbocycles. The number of aliphatic hydroxyl groups excluding tert-OH is 1. The molecule has 0 aromatic heterocycles. The van der Waals surface area contributed by atoms with Crippen molar-refractivity contribution in [2.75, 3.05) is 18.6 Å². The number of benzene rings is 2. The van der Waals surface area contributed by atoms with Crippen LogP contribution in [0.4, 0.5) is 5.69 Å². The molecule has 0 unspecified atom stereocenters. The number of hydrogen-bond donors (Lipinski definition) is 1. The van der Waals surface area contributed by atoms with E-state index in [9.17, 15) is 9.90 Å². The number of carbonyl (C=O) groups is 1. The maximum atomic E-state index is 12.0. The lowest BCUT2D eigenvalue weighted by Gasteiger charge is -2.20. The number of aliphatic hydroxyl groups is 1. The maximum absolute atomic E-state index is 12.0. The second-order valence-electron chi connectivity index (χ2n) is 7.54. The quantitative estimate of drug-likeness (QED) is 0.810. The van der Waals surface area contributed by atoms with Gasteiger partial charge in [0.15, 0.2) is 11.5 Å². The van der Waals surface area contributed by atoms with Crippen molar-refractivity contribution in [2.24, 2.45) is 0 Å². The molecule has 28 heavy (non-hydrogen) atoms. The van der Waals surface area contributed by atoms with E-state index in [4.69, 9.17) is 9.47 Å². The number of hydrogen-bond acceptors (Lipinski definition) is 4. The molecule has 0 atom stereocenters. The van der Waals surface area contributed by atoms with Crippen molar-refractivity contribution in [2.45, 2.75) is 51.2 Å². The van der Waals surface area contributed by atoms with Crippen molar-refractivity contribution in [1.29, 1.82) is 0 Å². The summed E-state index contributed by atoms with van der Waals surface area (Å²) in [5.41, 5.74) is 3.56. The Morgan fingerprint density at radius 2 is 1.89 bits per heavy atom. The smallest absolute Gasteiger partial charge is 0.227 e. The summed E-state index contributed by atoms with van der Waals surface area (Å²) in [6, 6.07) is 11.7. The highest BCUT2D eigenvalue weighted by Gasteiger charge is 2.23. The minimum atomic E-state index is -0.0873. The number of carbonyl (C=O) groups excluding carboxylic acids is 1. The fourth-order valence-electron chi connectivity index (χ4n) is 4.20. The highest BCUT2D eigenvalue weighted by Crippen LogP contribution is 2.37. The van der Waals surface area contributed by atoms with Gasteiger partial charge in [0, 0.05) is 18.7 Å². The molecule has 148 valence electrons. The van der Waals surface area contributed by atoms with Gasteiger partial charge in [0.2, 0.25) is 5.91 Å². The van der Waals surface area contributed by atoms with Crippen LogP contribution in [0.5, 0.6) is 11.5 Å². The molecule has 2 aromatic carbocycles. The molecule has 1 amide bonds. The summed E-state index contributed by atoms with van der Waals surface area (Å²) < 4.78 is 11.7. The molecule has 1 aliphatic heterocycles. The lowest BCUT2D eigenvalue weighted by Crippen LogP contribution is -2.23. The highest BCUT2D eigenvalue weighted by molar-refractivity contribution is 5.95. The van der Waals surface area contributed by atoms with Crippen molar-refractivity contribution >= 4 is 11.6 Å². The first-order chi connectivity index (χ1) is 13.7. The zero-order chi connectivity index (χ0) is 19.5. The number of ether oxygens (including phenoxy) is 2. The molecule has 0 bridgehead atoms. The van der Waals surface area contributed by atoms with E-state index in [1.54, 1.807) is 12.0 Å². The Morgan fingerprint density at radius 3 is 2.57 bits per heavy atom. The van der Waals surface area contributed by atoms with Crippen molar-refractivity contribution in [3.8, 4) is 22.6 Å². The van der Waals surface area contributed by atoms with Crippen LogP contribution in [-0.2, 0) is 11.4 Å². The summed E-state index contributed by atoms with van der Waals surface area (Å²) in [5, 5.41) is 9.95. The fourth-order valence-corrected chi connectivity index (χ4v) is 4.20. The minimum Gasteiger partial charge on any atom is -0.493 e. The van der Waals surface area contributed by atoms with E-state index in [0.717, 1.165) is 59.7 Å². The number of rotatable bonds is 6. The Labute approximate surface area is 165 Å². The molecule has 2 aromatic rings. The molecule has 5 heteroatoms. The van der Waals surface area contributed by atoms with Crippen molar-refractivity contribution in [3.05, 3.63) is 42.0 Å². The lowest BCUT2D eigenvalue weighted by molar-refractivity contribution is -0.117. The molecule has 5 nitrogen and oxygen atoms in total. The largest absolute Gasteiger partial charge is 0.493 e. The summed E-state index contributed by atoms with van der Waals surface area (Å²) in [4.78, 5) is 13.8. The molecule has 2 aliphatic rings. The first-order valence-corrected chi connectivity index (χ1v) is 10.1. The van der Waals surface area contributed by atoms with Gasteiger partial charge in [-0.15, -0.1) is 0 Å². The van der Waals surface area contributed by atoms with E-state index >= 15 is 0 Å². The Kier molecular flexibility index (Phi) is 5.53. The van der Waals surface area contributed by atoms with E-state index in [1.807, 2.05) is 36.4 Å². The van der Waals surface area contributed by atoms with Gasteiger partial charge in [0.25, 0.3) is 0 Å². The Balaban J connectivity index is 1.66. The van der Waals surface area contributed by atoms with Crippen LogP contribution in [0.2, 0.25) is 0 Å². The molecule has 1 saturated heterocycles. The van der Waals surface area contributed by atoms with Crippen LogP contribution in [0, 0.1) is 0 Å². The van der Waals surface area contributed by atoms with Gasteiger partial charge in [0.05, 0.1) is 19.8 Å². The zero-order valence-electron chi connectivity index (χ0n) is 16.3. The Morgan fingerprint density at radius 1 is 1.07 bits per heavy atom. The molecular weight excluding hydrogens is 354 g/mol. The van der Waals surface area contributed by atoms with E-state index in [1.165, 1.54) is 12.8 Å². The number of anilines is 1. The maximum Gasteiger partial charge on any atom is 0.227 e. The standard InChI is InChI=1S/C23H27NO4/c1-27-21-11-8-16(14-22(21)28-19-5-2-3-6-19)20-10-9-18(13-17(20)15-25)24-12-4-7-23(24)26/h8-11,13-14,19,25H,2-7,12,15H2,1H3. The lowest BCUT2D eigenvalue weighted by atomic mass is 9.98. The van der Waals surface area contributed by atoms with Crippen LogP contribution in [-0.4, -0.2) is 30.8 Å². The molecular formula is C23H27NO4. The number of nitrogens with zero attached hydrogens (tertiary/aromatic N) is 1. The highest BCUT2D eigenvalue weighted by atomic mass is 16.5. The third kappa shape index (κ3) is 3.72. The van der Waals surface area contributed by atoms with E-state index in [0.29, 0.717) is 6.42 Å². The summed E-state index contributed by atoms with van der Waals surface area (Å²) >= 11 is 0. The third-order valence-corrected chi connectivity index (χ3v) is 5.71. The van der Waals surface area contributed by atoms with Crippen molar-refractivity contribution < 1.29 is 19.4 Å². The van der Waals surface area contributed by atoms with Gasteiger partial charge < -0.3 is 19.5 Å². The predicted octanol–water partition coefficient (Wildman–Crippen LogP) is 4.30. The Hall–Kier alpha value is -2.53. The summed E-state index contributed by atoms with van der Waals surface area (Å²) in [7, 11) is 1.65. The molecule has 1 saturated carbocycles. The van der Waals surface area contributed by atoms with Crippen molar-refractivity contribution in [1.82, 2.24) is 0 Å². The van der Waals surface area contributed by atoms with Gasteiger partial charge >= 0.3 is 0 Å². The van der Waals surface area contributed by atoms with Gasteiger partial charge in [-0.3, -0.25) is 4.79 Å². The minimum absolute atomic E-state index is 0.0873. The third-order valence-electron chi connectivity index (χ3n) is 5.71. The fraction of sp³-hybridized carbons (Fsp3) is 0.435. The zero-order valence-corrected chi connectivity index (χ0v) is 16.3. The van der Waals surface area contributed by atoms with Crippen LogP contribution in [0.15, 0.2) is 36.4 Å². The SMILES string of the molecule is COc1ccc(-c2ccc(N3CCCC3=O)cc2CO)cc1OC1CCCC1. The van der Waals surface area contributed by atoms with Crippen LogP contribution in [0.3, 0.4) is 0 Å². The van der Waals surface area contributed by atoms with Crippen molar-refractivity contribution in [3.63, 3.8) is 0 Å². The first kappa shape index (κ1) is 18.8. The van der Waals surface area contributed by atoms with Crippen LogP contribution in [0.1, 0.15) is 44.1 Å². The summed E-state index contributed by atoms with van der Waals surface area (Å²) in [5.74, 6) is 1.61. The first-order valence-electron chi connectivity index (χ1n) is 10.1. The Bertz CT molecular complexity index is 858. The van der Waals surface area contributed by atoms with Gasteiger partial charge in [-0.05, 0) is 73.1 Å².